The van der Waals surface area contributed by atoms with Crippen LogP contribution in [0.15, 0.2) is 59.0 Å². The zero-order valence-electron chi connectivity index (χ0n) is 15.3. The zero-order valence-corrected chi connectivity index (χ0v) is 16.1. The Morgan fingerprint density at radius 2 is 2.00 bits per heavy atom. The summed E-state index contributed by atoms with van der Waals surface area (Å²) < 4.78 is 0. The number of aryl methyl sites for hydroxylation is 1. The number of amides is 1. The van der Waals surface area contributed by atoms with Gasteiger partial charge in [-0.15, -0.1) is 11.3 Å². The van der Waals surface area contributed by atoms with E-state index in [1.807, 2.05) is 61.7 Å². The van der Waals surface area contributed by atoms with E-state index in [1.165, 1.54) is 11.3 Å². The van der Waals surface area contributed by atoms with Gasteiger partial charge < -0.3 is 5.11 Å². The molecule has 2 N–H and O–H groups in total. The van der Waals surface area contributed by atoms with Crippen molar-refractivity contribution in [3.05, 3.63) is 70.0 Å². The molecule has 0 aliphatic heterocycles. The number of hydrogen-bond acceptors (Lipinski definition) is 5. The number of hydrogen-bond donors (Lipinski definition) is 2. The molecule has 0 saturated heterocycles. The van der Waals surface area contributed by atoms with Crippen LogP contribution < -0.4 is 5.43 Å². The molecule has 0 radical (unpaired) electrons. The molecule has 0 atom stereocenters. The van der Waals surface area contributed by atoms with Crippen LogP contribution in [0.2, 0.25) is 0 Å². The number of nitrogens with one attached hydrogen (secondary N) is 1. The van der Waals surface area contributed by atoms with Gasteiger partial charge in [0.1, 0.15) is 10.8 Å². The zero-order chi connectivity index (χ0) is 19.2. The molecular formula is C21H21N3O2S. The summed E-state index contributed by atoms with van der Waals surface area (Å²) >= 11 is 1.45. The van der Waals surface area contributed by atoms with E-state index >= 15 is 0 Å². The molecule has 6 heteroatoms. The fourth-order valence-corrected chi connectivity index (χ4v) is 3.45. The minimum atomic E-state index is -0.234. The number of aromatic hydroxyl groups is 1. The van der Waals surface area contributed by atoms with Crippen LogP contribution in [-0.2, 0) is 11.2 Å². The van der Waals surface area contributed by atoms with E-state index in [9.17, 15) is 9.90 Å². The summed E-state index contributed by atoms with van der Waals surface area (Å²) in [4.78, 5) is 16.8. The lowest BCUT2D eigenvalue weighted by atomic mass is 10.0. The van der Waals surface area contributed by atoms with Crippen molar-refractivity contribution in [3.8, 4) is 17.0 Å². The average molecular weight is 379 g/mol. The Hall–Kier alpha value is -2.99. The van der Waals surface area contributed by atoms with Crippen LogP contribution in [0.4, 0.5) is 0 Å². The molecule has 27 heavy (non-hydrogen) atoms. The third-order valence-corrected chi connectivity index (χ3v) is 4.90. The quantitative estimate of drug-likeness (QED) is 0.495. The molecule has 3 rings (SSSR count). The molecule has 3 aromatic rings. The number of carbonyl (C=O) groups is 1. The largest absolute Gasteiger partial charge is 0.507 e. The number of thiazole rings is 1. The summed E-state index contributed by atoms with van der Waals surface area (Å²) in [7, 11) is 0. The van der Waals surface area contributed by atoms with Gasteiger partial charge in [-0.25, -0.2) is 10.4 Å². The number of nitrogens with zero attached hydrogens (tertiary/aromatic N) is 2. The Balaban J connectivity index is 1.67. The average Bonchev–Trinajstić information content (AvgIpc) is 3.14. The van der Waals surface area contributed by atoms with E-state index in [0.29, 0.717) is 17.7 Å². The van der Waals surface area contributed by atoms with E-state index in [-0.39, 0.29) is 18.1 Å². The highest BCUT2D eigenvalue weighted by Crippen LogP contribution is 2.22. The van der Waals surface area contributed by atoms with Gasteiger partial charge in [-0.05, 0) is 25.5 Å². The predicted molar refractivity (Wildman–Crippen MR) is 109 cm³/mol. The number of aromatic nitrogens is 1. The fourth-order valence-electron chi connectivity index (χ4n) is 2.65. The maximum atomic E-state index is 12.2. The van der Waals surface area contributed by atoms with Crippen molar-refractivity contribution in [1.29, 1.82) is 0 Å². The highest BCUT2D eigenvalue weighted by atomic mass is 32.1. The summed E-state index contributed by atoms with van der Waals surface area (Å²) in [6.07, 6.45) is 0.754. The molecule has 138 valence electrons. The van der Waals surface area contributed by atoms with Gasteiger partial charge in [0.05, 0.1) is 17.8 Å². The van der Waals surface area contributed by atoms with Gasteiger partial charge in [-0.1, -0.05) is 48.9 Å². The maximum absolute atomic E-state index is 12.2. The minimum absolute atomic E-state index is 0.155. The van der Waals surface area contributed by atoms with Crippen LogP contribution in [0, 0.1) is 6.92 Å². The van der Waals surface area contributed by atoms with Crippen molar-refractivity contribution in [1.82, 2.24) is 10.4 Å². The summed E-state index contributed by atoms with van der Waals surface area (Å²) in [5, 5.41) is 16.9. The lowest BCUT2D eigenvalue weighted by Crippen LogP contribution is -2.21. The topological polar surface area (TPSA) is 74.6 Å². The van der Waals surface area contributed by atoms with Crippen molar-refractivity contribution in [2.24, 2.45) is 5.10 Å². The summed E-state index contributed by atoms with van der Waals surface area (Å²) in [6, 6.07) is 15.2. The molecule has 1 aromatic heterocycles. The molecule has 0 aliphatic rings. The number of carbonyl (C=O) groups excluding carboxylic acids is 1. The second kappa shape index (κ2) is 8.60. The molecule has 0 aliphatic carbocycles. The highest BCUT2D eigenvalue weighted by molar-refractivity contribution is 7.10. The third kappa shape index (κ3) is 4.80. The van der Waals surface area contributed by atoms with Crippen LogP contribution in [0.25, 0.3) is 11.3 Å². The van der Waals surface area contributed by atoms with Crippen molar-refractivity contribution in [2.45, 2.75) is 26.7 Å². The van der Waals surface area contributed by atoms with Crippen molar-refractivity contribution >= 4 is 23.0 Å². The van der Waals surface area contributed by atoms with Gasteiger partial charge in [0.2, 0.25) is 5.91 Å². The molecular weight excluding hydrogens is 358 g/mol. The number of rotatable bonds is 6. The first-order chi connectivity index (χ1) is 13.1. The van der Waals surface area contributed by atoms with Crippen molar-refractivity contribution < 1.29 is 9.90 Å². The molecule has 0 fully saturated rings. The Morgan fingerprint density at radius 1 is 1.22 bits per heavy atom. The first-order valence-electron chi connectivity index (χ1n) is 8.72. The Bertz CT molecular complexity index is 965. The fraction of sp³-hybridized carbons (Fsp3) is 0.190. The van der Waals surface area contributed by atoms with E-state index in [0.717, 1.165) is 21.8 Å². The molecule has 0 unspecified atom stereocenters. The van der Waals surface area contributed by atoms with Crippen molar-refractivity contribution in [3.63, 3.8) is 0 Å². The van der Waals surface area contributed by atoms with Crippen LogP contribution in [0.5, 0.6) is 5.75 Å². The number of benzene rings is 2. The lowest BCUT2D eigenvalue weighted by molar-refractivity contribution is -0.120. The molecule has 0 saturated carbocycles. The smallest absolute Gasteiger partial charge is 0.246 e. The first-order valence-corrected chi connectivity index (χ1v) is 9.60. The lowest BCUT2D eigenvalue weighted by Gasteiger charge is -2.08. The van der Waals surface area contributed by atoms with Gasteiger partial charge in [0.15, 0.2) is 0 Å². The van der Waals surface area contributed by atoms with Gasteiger partial charge in [-0.2, -0.15) is 5.10 Å². The standard InChI is InChI=1S/C21H21N3O2S/c1-3-17(16-11-14(2)9-10-19(16)25)23-24-20(26)12-21-22-18(13-27-21)15-7-5-4-6-8-15/h4-11,13,25H,3,12H2,1-2H3,(H,24,26)/b23-17+. The molecule has 0 spiro atoms. The number of hydrazone groups is 1. The van der Waals surface area contributed by atoms with Gasteiger partial charge in [-0.3, -0.25) is 4.79 Å². The molecule has 0 bridgehead atoms. The van der Waals surface area contributed by atoms with E-state index in [1.54, 1.807) is 6.07 Å². The predicted octanol–water partition coefficient (Wildman–Crippen LogP) is 4.30. The summed E-state index contributed by atoms with van der Waals surface area (Å²) in [5.74, 6) is -0.0788. The number of phenols is 1. The van der Waals surface area contributed by atoms with Gasteiger partial charge >= 0.3 is 0 Å². The minimum Gasteiger partial charge on any atom is -0.507 e. The second-order valence-electron chi connectivity index (χ2n) is 6.14. The van der Waals surface area contributed by atoms with E-state index < -0.39 is 0 Å². The molecule has 5 nitrogen and oxygen atoms in total. The van der Waals surface area contributed by atoms with Crippen molar-refractivity contribution in [2.75, 3.05) is 0 Å². The van der Waals surface area contributed by atoms with Gasteiger partial charge in [0, 0.05) is 16.5 Å². The first kappa shape index (κ1) is 18.8. The summed E-state index contributed by atoms with van der Waals surface area (Å²) in [5.41, 5.74) is 6.77. The third-order valence-electron chi connectivity index (χ3n) is 4.05. The Labute approximate surface area is 162 Å². The van der Waals surface area contributed by atoms with E-state index in [2.05, 4.69) is 15.5 Å². The van der Waals surface area contributed by atoms with Crippen LogP contribution in [0.3, 0.4) is 0 Å². The second-order valence-corrected chi connectivity index (χ2v) is 7.08. The summed E-state index contributed by atoms with van der Waals surface area (Å²) in [6.45, 7) is 3.88. The molecule has 1 heterocycles. The van der Waals surface area contributed by atoms with Crippen LogP contribution in [-0.4, -0.2) is 21.7 Å². The van der Waals surface area contributed by atoms with E-state index in [4.69, 9.17) is 0 Å². The van der Waals surface area contributed by atoms with Crippen LogP contribution in [0.1, 0.15) is 29.5 Å². The van der Waals surface area contributed by atoms with Crippen LogP contribution >= 0.6 is 11.3 Å². The maximum Gasteiger partial charge on any atom is 0.246 e. The number of phenolic OH excluding ortho intramolecular Hbond substituents is 1. The molecule has 2 aromatic carbocycles. The Kier molecular flexibility index (Phi) is 5.98. The normalized spacial score (nSPS) is 11.4. The monoisotopic (exact) mass is 379 g/mol. The molecule has 1 amide bonds. The SMILES string of the molecule is CC/C(=N\NC(=O)Cc1nc(-c2ccccc2)cs1)c1cc(C)ccc1O. The Morgan fingerprint density at radius 3 is 2.74 bits per heavy atom. The van der Waals surface area contributed by atoms with Gasteiger partial charge in [0.25, 0.3) is 0 Å². The highest BCUT2D eigenvalue weighted by Gasteiger charge is 2.11.